The highest BCUT2D eigenvalue weighted by molar-refractivity contribution is 5.78. The average Bonchev–Trinajstić information content (AvgIpc) is 2.60. The average molecular weight is 340 g/mol. The van der Waals surface area contributed by atoms with Crippen LogP contribution in [0.25, 0.3) is 0 Å². The topological polar surface area (TPSA) is 65.1 Å². The Morgan fingerprint density at radius 3 is 2.29 bits per heavy atom. The number of ether oxygens (including phenoxy) is 1. The summed E-state index contributed by atoms with van der Waals surface area (Å²) in [6, 6.07) is -0.0129. The van der Waals surface area contributed by atoms with Crippen molar-refractivity contribution in [2.75, 3.05) is 66.1 Å². The predicted octanol–water partition coefficient (Wildman–Crippen LogP) is 0.609. The van der Waals surface area contributed by atoms with Gasteiger partial charge in [-0.25, -0.2) is 4.79 Å². The second-order valence-electron chi connectivity index (χ2n) is 6.91. The Balaban J connectivity index is 1.56. The third kappa shape index (κ3) is 5.94. The Labute approximate surface area is 145 Å². The maximum atomic E-state index is 12.2. The molecule has 138 valence electrons. The van der Waals surface area contributed by atoms with E-state index in [0.29, 0.717) is 32.7 Å². The molecule has 2 rings (SSSR count). The van der Waals surface area contributed by atoms with E-state index < -0.39 is 0 Å². The lowest BCUT2D eigenvalue weighted by Gasteiger charge is -2.34. The highest BCUT2D eigenvalue weighted by Crippen LogP contribution is 2.15. The lowest BCUT2D eigenvalue weighted by Crippen LogP contribution is -2.53. The number of rotatable bonds is 6. The van der Waals surface area contributed by atoms with Gasteiger partial charge in [0.1, 0.15) is 6.61 Å². The van der Waals surface area contributed by atoms with E-state index in [1.807, 2.05) is 0 Å². The Kier molecular flexibility index (Phi) is 7.78. The quantitative estimate of drug-likeness (QED) is 0.720. The smallest absolute Gasteiger partial charge is 0.317 e. The number of amides is 3. The first-order valence-electron chi connectivity index (χ1n) is 9.12. The van der Waals surface area contributed by atoms with Gasteiger partial charge in [-0.2, -0.15) is 0 Å². The SMILES string of the molecule is COCC(=O)N1CCN(C(=O)NCCCN2CCC(C)CC2)CC1. The minimum atomic E-state index is -0.0129. The number of piperidine rings is 1. The molecule has 3 amide bonds. The number of hydrogen-bond donors (Lipinski definition) is 1. The molecular weight excluding hydrogens is 308 g/mol. The Hall–Kier alpha value is -1.34. The number of carbonyl (C=O) groups is 2. The highest BCUT2D eigenvalue weighted by Gasteiger charge is 2.23. The maximum Gasteiger partial charge on any atom is 0.317 e. The third-order valence-corrected chi connectivity index (χ3v) is 4.99. The van der Waals surface area contributed by atoms with E-state index in [1.165, 1.54) is 33.0 Å². The van der Waals surface area contributed by atoms with Crippen LogP contribution in [-0.2, 0) is 9.53 Å². The molecule has 0 aromatic carbocycles. The van der Waals surface area contributed by atoms with Crippen LogP contribution in [0.4, 0.5) is 4.79 Å². The van der Waals surface area contributed by atoms with Crippen molar-refractivity contribution in [3.8, 4) is 0 Å². The van der Waals surface area contributed by atoms with Gasteiger partial charge in [-0.3, -0.25) is 4.79 Å². The van der Waals surface area contributed by atoms with Crippen molar-refractivity contribution in [1.29, 1.82) is 0 Å². The molecule has 2 aliphatic rings. The Morgan fingerprint density at radius 2 is 1.67 bits per heavy atom. The number of likely N-dealkylation sites (tertiary alicyclic amines) is 1. The molecule has 0 aromatic rings. The van der Waals surface area contributed by atoms with E-state index in [-0.39, 0.29) is 18.5 Å². The van der Waals surface area contributed by atoms with Crippen LogP contribution in [0.5, 0.6) is 0 Å². The normalized spacial score (nSPS) is 20.2. The van der Waals surface area contributed by atoms with Gasteiger partial charge < -0.3 is 24.8 Å². The van der Waals surface area contributed by atoms with Crippen LogP contribution in [0.2, 0.25) is 0 Å². The van der Waals surface area contributed by atoms with Gasteiger partial charge in [-0.05, 0) is 44.8 Å². The number of nitrogens with zero attached hydrogens (tertiary/aromatic N) is 3. The zero-order valence-electron chi connectivity index (χ0n) is 15.1. The summed E-state index contributed by atoms with van der Waals surface area (Å²) in [7, 11) is 1.52. The second-order valence-corrected chi connectivity index (χ2v) is 6.91. The van der Waals surface area contributed by atoms with Crippen molar-refractivity contribution < 1.29 is 14.3 Å². The molecule has 0 aromatic heterocycles. The number of piperazine rings is 1. The third-order valence-electron chi connectivity index (χ3n) is 4.99. The fourth-order valence-corrected chi connectivity index (χ4v) is 3.27. The van der Waals surface area contributed by atoms with Gasteiger partial charge in [0.05, 0.1) is 0 Å². The van der Waals surface area contributed by atoms with E-state index >= 15 is 0 Å². The molecule has 0 aliphatic carbocycles. The van der Waals surface area contributed by atoms with Crippen LogP contribution in [0, 0.1) is 5.92 Å². The van der Waals surface area contributed by atoms with Gasteiger partial charge in [0.25, 0.3) is 0 Å². The fourth-order valence-electron chi connectivity index (χ4n) is 3.27. The van der Waals surface area contributed by atoms with Gasteiger partial charge in [0, 0.05) is 39.8 Å². The van der Waals surface area contributed by atoms with E-state index in [4.69, 9.17) is 4.74 Å². The largest absolute Gasteiger partial charge is 0.375 e. The van der Waals surface area contributed by atoms with Crippen LogP contribution in [-0.4, -0.2) is 92.7 Å². The molecule has 2 heterocycles. The van der Waals surface area contributed by atoms with Crippen molar-refractivity contribution in [2.45, 2.75) is 26.2 Å². The number of methoxy groups -OCH3 is 1. The van der Waals surface area contributed by atoms with Crippen LogP contribution in [0.15, 0.2) is 0 Å². The van der Waals surface area contributed by atoms with Crippen molar-refractivity contribution in [2.24, 2.45) is 5.92 Å². The zero-order chi connectivity index (χ0) is 17.4. The number of carbonyl (C=O) groups excluding carboxylic acids is 2. The number of nitrogens with one attached hydrogen (secondary N) is 1. The lowest BCUT2D eigenvalue weighted by atomic mass is 9.99. The van der Waals surface area contributed by atoms with Gasteiger partial charge in [0.2, 0.25) is 5.91 Å². The van der Waals surface area contributed by atoms with Crippen LogP contribution >= 0.6 is 0 Å². The molecule has 0 saturated carbocycles. The summed E-state index contributed by atoms with van der Waals surface area (Å²) in [6.45, 7) is 8.93. The summed E-state index contributed by atoms with van der Waals surface area (Å²) in [5.41, 5.74) is 0. The monoisotopic (exact) mass is 340 g/mol. The molecule has 0 unspecified atom stereocenters. The summed E-state index contributed by atoms with van der Waals surface area (Å²) in [6.07, 6.45) is 3.57. The first kappa shape index (κ1) is 19.0. The highest BCUT2D eigenvalue weighted by atomic mass is 16.5. The molecule has 7 heteroatoms. The minimum Gasteiger partial charge on any atom is -0.375 e. The van der Waals surface area contributed by atoms with Crippen molar-refractivity contribution in [3.63, 3.8) is 0 Å². The van der Waals surface area contributed by atoms with Crippen LogP contribution < -0.4 is 5.32 Å². The summed E-state index contributed by atoms with van der Waals surface area (Å²) >= 11 is 0. The van der Waals surface area contributed by atoms with Gasteiger partial charge in [-0.15, -0.1) is 0 Å². The number of urea groups is 1. The summed E-state index contributed by atoms with van der Waals surface area (Å²) in [4.78, 5) is 29.9. The predicted molar refractivity (Wildman–Crippen MR) is 92.9 cm³/mol. The molecule has 2 fully saturated rings. The summed E-state index contributed by atoms with van der Waals surface area (Å²) in [5, 5.41) is 3.00. The summed E-state index contributed by atoms with van der Waals surface area (Å²) in [5.74, 6) is 0.851. The maximum absolute atomic E-state index is 12.2. The molecule has 24 heavy (non-hydrogen) atoms. The Morgan fingerprint density at radius 1 is 1.04 bits per heavy atom. The number of hydrogen-bond acceptors (Lipinski definition) is 4. The van der Waals surface area contributed by atoms with Gasteiger partial charge in [0.15, 0.2) is 0 Å². The molecule has 0 bridgehead atoms. The summed E-state index contributed by atoms with van der Waals surface area (Å²) < 4.78 is 4.86. The van der Waals surface area contributed by atoms with Crippen LogP contribution in [0.3, 0.4) is 0 Å². The van der Waals surface area contributed by atoms with E-state index in [2.05, 4.69) is 17.1 Å². The molecule has 7 nitrogen and oxygen atoms in total. The second kappa shape index (κ2) is 9.84. The van der Waals surface area contributed by atoms with Crippen LogP contribution in [0.1, 0.15) is 26.2 Å². The van der Waals surface area contributed by atoms with E-state index in [9.17, 15) is 9.59 Å². The lowest BCUT2D eigenvalue weighted by molar-refractivity contribution is -0.136. The van der Waals surface area contributed by atoms with Gasteiger partial charge in [-0.1, -0.05) is 6.92 Å². The van der Waals surface area contributed by atoms with Gasteiger partial charge >= 0.3 is 6.03 Å². The zero-order valence-corrected chi connectivity index (χ0v) is 15.1. The molecule has 0 radical (unpaired) electrons. The molecule has 1 N–H and O–H groups in total. The standard InChI is InChI=1S/C17H32N4O3/c1-15-4-8-19(9-5-15)7-3-6-18-17(23)21-12-10-20(11-13-21)16(22)14-24-2/h15H,3-14H2,1-2H3,(H,18,23). The van der Waals surface area contributed by atoms with E-state index in [0.717, 1.165) is 18.9 Å². The first-order chi connectivity index (χ1) is 11.6. The van der Waals surface area contributed by atoms with E-state index in [1.54, 1.807) is 9.80 Å². The van der Waals surface area contributed by atoms with Crippen molar-refractivity contribution in [3.05, 3.63) is 0 Å². The molecule has 0 atom stereocenters. The van der Waals surface area contributed by atoms with Crippen molar-refractivity contribution >= 4 is 11.9 Å². The Bertz CT molecular complexity index is 403. The molecular formula is C17H32N4O3. The van der Waals surface area contributed by atoms with Crippen molar-refractivity contribution in [1.82, 2.24) is 20.0 Å². The first-order valence-corrected chi connectivity index (χ1v) is 9.12. The molecule has 0 spiro atoms. The minimum absolute atomic E-state index is 0.00610. The molecule has 2 aliphatic heterocycles. The fraction of sp³-hybridized carbons (Fsp3) is 0.882. The molecule has 2 saturated heterocycles.